The van der Waals surface area contributed by atoms with Crippen LogP contribution in [0.5, 0.6) is 5.75 Å². The van der Waals surface area contributed by atoms with Crippen LogP contribution in [-0.4, -0.2) is 66.5 Å². The lowest BCUT2D eigenvalue weighted by molar-refractivity contribution is -0.148. The molecule has 0 bridgehead atoms. The van der Waals surface area contributed by atoms with Crippen LogP contribution in [0, 0.1) is 13.8 Å². The molecule has 8 nitrogen and oxygen atoms in total. The Morgan fingerprint density at radius 1 is 0.943 bits per heavy atom. The van der Waals surface area contributed by atoms with E-state index in [4.69, 9.17) is 9.47 Å². The summed E-state index contributed by atoms with van der Waals surface area (Å²) in [4.78, 5) is 28.8. The molecular weight excluding hydrogens is 444 g/mol. The minimum absolute atomic E-state index is 0.189. The number of carbonyl (C=O) groups is 2. The highest BCUT2D eigenvalue weighted by atomic mass is 16.5. The van der Waals surface area contributed by atoms with E-state index in [9.17, 15) is 9.59 Å². The van der Waals surface area contributed by atoms with E-state index in [2.05, 4.69) is 10.00 Å². The fourth-order valence-corrected chi connectivity index (χ4v) is 4.15. The van der Waals surface area contributed by atoms with Crippen LogP contribution in [0.3, 0.4) is 0 Å². The number of amides is 1. The molecule has 35 heavy (non-hydrogen) atoms. The van der Waals surface area contributed by atoms with Crippen molar-refractivity contribution in [2.45, 2.75) is 13.8 Å². The molecule has 0 atom stereocenters. The van der Waals surface area contributed by atoms with Crippen LogP contribution in [0.1, 0.15) is 17.0 Å². The van der Waals surface area contributed by atoms with Crippen LogP contribution in [0.4, 0.5) is 5.69 Å². The third-order valence-corrected chi connectivity index (χ3v) is 6.14. The van der Waals surface area contributed by atoms with Crippen molar-refractivity contribution in [3.05, 3.63) is 77.6 Å². The Morgan fingerprint density at radius 3 is 2.29 bits per heavy atom. The SMILES string of the molecule is COc1ccc(N2CCN(C(=O)COC(=O)C=Cc3c(C)nn(-c4ccccc4)c3C)CC2)cc1. The maximum Gasteiger partial charge on any atom is 0.331 e. The van der Waals surface area contributed by atoms with Crippen molar-refractivity contribution in [1.29, 1.82) is 0 Å². The lowest BCUT2D eigenvalue weighted by Gasteiger charge is -2.36. The standard InChI is InChI=1S/C27H30N4O4/c1-20-25(21(2)31(28-20)23-7-5-4-6-8-23)13-14-27(33)35-19-26(32)30-17-15-29(16-18-30)22-9-11-24(34-3)12-10-22/h4-14H,15-19H2,1-3H3. The van der Waals surface area contributed by atoms with E-state index in [1.165, 1.54) is 6.08 Å². The number of aromatic nitrogens is 2. The maximum absolute atomic E-state index is 12.5. The molecule has 1 fully saturated rings. The predicted molar refractivity (Wildman–Crippen MR) is 135 cm³/mol. The molecule has 8 heteroatoms. The van der Waals surface area contributed by atoms with Crippen LogP contribution < -0.4 is 9.64 Å². The summed E-state index contributed by atoms with van der Waals surface area (Å²) in [6, 6.07) is 17.7. The number of nitrogens with zero attached hydrogens (tertiary/aromatic N) is 4. The second-order valence-electron chi connectivity index (χ2n) is 8.34. The average Bonchev–Trinajstić information content (AvgIpc) is 3.19. The molecule has 1 aliphatic heterocycles. The van der Waals surface area contributed by atoms with Crippen molar-refractivity contribution < 1.29 is 19.1 Å². The quantitative estimate of drug-likeness (QED) is 0.386. The van der Waals surface area contributed by atoms with Gasteiger partial charge in [0.05, 0.1) is 18.5 Å². The molecule has 2 aromatic carbocycles. The first-order chi connectivity index (χ1) is 17.0. The number of piperazine rings is 1. The summed E-state index contributed by atoms with van der Waals surface area (Å²) in [7, 11) is 1.64. The zero-order valence-corrected chi connectivity index (χ0v) is 20.3. The van der Waals surface area contributed by atoms with Gasteiger partial charge < -0.3 is 19.3 Å². The van der Waals surface area contributed by atoms with Gasteiger partial charge >= 0.3 is 5.97 Å². The number of methoxy groups -OCH3 is 1. The molecule has 0 saturated carbocycles. The highest BCUT2D eigenvalue weighted by molar-refractivity contribution is 5.89. The zero-order valence-electron chi connectivity index (χ0n) is 20.3. The molecular formula is C27H30N4O4. The van der Waals surface area contributed by atoms with Crippen LogP contribution >= 0.6 is 0 Å². The molecule has 1 amide bonds. The number of rotatable bonds is 7. The summed E-state index contributed by atoms with van der Waals surface area (Å²) in [6.45, 7) is 6.17. The van der Waals surface area contributed by atoms with Gasteiger partial charge in [-0.2, -0.15) is 5.10 Å². The number of ether oxygens (including phenoxy) is 2. The lowest BCUT2D eigenvalue weighted by Crippen LogP contribution is -2.49. The Bertz CT molecular complexity index is 1190. The van der Waals surface area contributed by atoms with Gasteiger partial charge in [-0.3, -0.25) is 4.79 Å². The van der Waals surface area contributed by atoms with E-state index in [0.717, 1.165) is 47.2 Å². The number of para-hydroxylation sites is 1. The van der Waals surface area contributed by atoms with Crippen LogP contribution in [0.2, 0.25) is 0 Å². The van der Waals surface area contributed by atoms with Gasteiger partial charge in [0.25, 0.3) is 5.91 Å². The van der Waals surface area contributed by atoms with E-state index in [1.54, 1.807) is 18.1 Å². The Morgan fingerprint density at radius 2 is 1.63 bits per heavy atom. The zero-order chi connectivity index (χ0) is 24.8. The van der Waals surface area contributed by atoms with Gasteiger partial charge in [-0.1, -0.05) is 18.2 Å². The Kier molecular flexibility index (Phi) is 7.50. The maximum atomic E-state index is 12.5. The summed E-state index contributed by atoms with van der Waals surface area (Å²) in [6.07, 6.45) is 3.04. The Labute approximate surface area is 205 Å². The van der Waals surface area contributed by atoms with Gasteiger partial charge in [0, 0.05) is 49.2 Å². The highest BCUT2D eigenvalue weighted by Crippen LogP contribution is 2.21. The van der Waals surface area contributed by atoms with Crippen molar-refractivity contribution in [2.75, 3.05) is 44.8 Å². The van der Waals surface area contributed by atoms with Crippen molar-refractivity contribution >= 4 is 23.6 Å². The Hall–Kier alpha value is -4.07. The number of esters is 1. The van der Waals surface area contributed by atoms with Gasteiger partial charge in [0.1, 0.15) is 5.75 Å². The first kappa shape index (κ1) is 24.1. The first-order valence-corrected chi connectivity index (χ1v) is 11.6. The van der Waals surface area contributed by atoms with E-state index in [0.29, 0.717) is 13.1 Å². The molecule has 1 aliphatic rings. The largest absolute Gasteiger partial charge is 0.497 e. The number of carbonyl (C=O) groups excluding carboxylic acids is 2. The molecule has 0 spiro atoms. The van der Waals surface area contributed by atoms with Gasteiger partial charge in [-0.05, 0) is 56.3 Å². The van der Waals surface area contributed by atoms with E-state index >= 15 is 0 Å². The number of aryl methyl sites for hydroxylation is 1. The van der Waals surface area contributed by atoms with Crippen molar-refractivity contribution in [3.8, 4) is 11.4 Å². The fraction of sp³-hybridized carbons (Fsp3) is 0.296. The minimum Gasteiger partial charge on any atom is -0.497 e. The molecule has 0 N–H and O–H groups in total. The molecule has 1 aromatic heterocycles. The number of hydrogen-bond acceptors (Lipinski definition) is 6. The van der Waals surface area contributed by atoms with Crippen molar-refractivity contribution in [3.63, 3.8) is 0 Å². The summed E-state index contributed by atoms with van der Waals surface area (Å²) in [5.41, 5.74) is 4.63. The van der Waals surface area contributed by atoms with E-state index < -0.39 is 5.97 Å². The smallest absolute Gasteiger partial charge is 0.331 e. The van der Waals surface area contributed by atoms with Crippen molar-refractivity contribution in [2.24, 2.45) is 0 Å². The van der Waals surface area contributed by atoms with Crippen LogP contribution in [0.25, 0.3) is 11.8 Å². The van der Waals surface area contributed by atoms with E-state index in [1.807, 2.05) is 73.1 Å². The third kappa shape index (κ3) is 5.71. The molecule has 182 valence electrons. The van der Waals surface area contributed by atoms with Gasteiger partial charge in [0.15, 0.2) is 6.61 Å². The average molecular weight is 475 g/mol. The molecule has 0 unspecified atom stereocenters. The van der Waals surface area contributed by atoms with Gasteiger partial charge in [0.2, 0.25) is 0 Å². The summed E-state index contributed by atoms with van der Waals surface area (Å²) in [5.74, 6) is 0.0700. The molecule has 4 rings (SSSR count). The fourth-order valence-electron chi connectivity index (χ4n) is 4.15. The number of hydrogen-bond donors (Lipinski definition) is 0. The molecule has 0 radical (unpaired) electrons. The predicted octanol–water partition coefficient (Wildman–Crippen LogP) is 3.40. The summed E-state index contributed by atoms with van der Waals surface area (Å²) in [5, 5.41) is 4.57. The monoisotopic (exact) mass is 474 g/mol. The number of anilines is 1. The van der Waals surface area contributed by atoms with Crippen molar-refractivity contribution in [1.82, 2.24) is 14.7 Å². The van der Waals surface area contributed by atoms with Gasteiger partial charge in [-0.15, -0.1) is 0 Å². The topological polar surface area (TPSA) is 76.9 Å². The molecule has 2 heterocycles. The van der Waals surface area contributed by atoms with E-state index in [-0.39, 0.29) is 12.5 Å². The summed E-state index contributed by atoms with van der Waals surface area (Å²) >= 11 is 0. The Balaban J connectivity index is 1.27. The third-order valence-electron chi connectivity index (χ3n) is 6.14. The lowest BCUT2D eigenvalue weighted by atomic mass is 10.2. The summed E-state index contributed by atoms with van der Waals surface area (Å²) < 4.78 is 12.3. The van der Waals surface area contributed by atoms with Crippen LogP contribution in [0.15, 0.2) is 60.7 Å². The molecule has 0 aliphatic carbocycles. The van der Waals surface area contributed by atoms with Gasteiger partial charge in [-0.25, -0.2) is 9.48 Å². The molecule has 3 aromatic rings. The second-order valence-corrected chi connectivity index (χ2v) is 8.34. The molecule has 1 saturated heterocycles. The number of benzene rings is 2. The second kappa shape index (κ2) is 10.9. The normalized spacial score (nSPS) is 13.8. The first-order valence-electron chi connectivity index (χ1n) is 11.6. The minimum atomic E-state index is -0.554. The highest BCUT2D eigenvalue weighted by Gasteiger charge is 2.22. The van der Waals surface area contributed by atoms with Crippen LogP contribution in [-0.2, 0) is 14.3 Å².